The molecule has 0 aliphatic rings. The number of hydrogen-bond donors (Lipinski definition) is 0. The molecule has 2 aromatic rings. The van der Waals surface area contributed by atoms with E-state index in [1.54, 1.807) is 0 Å². The van der Waals surface area contributed by atoms with Gasteiger partial charge in [-0.3, -0.25) is 0 Å². The van der Waals surface area contributed by atoms with Crippen LogP contribution in [-0.2, 0) is 0 Å². The van der Waals surface area contributed by atoms with Crippen molar-refractivity contribution >= 4 is 11.1 Å². The van der Waals surface area contributed by atoms with Crippen molar-refractivity contribution in [3.63, 3.8) is 0 Å². The molecule has 0 saturated heterocycles. The van der Waals surface area contributed by atoms with Crippen LogP contribution in [0.2, 0.25) is 0 Å². The highest BCUT2D eigenvalue weighted by Crippen LogP contribution is 2.23. The van der Waals surface area contributed by atoms with Crippen LogP contribution < -0.4 is 0 Å². The molecule has 0 atom stereocenters. The molecule has 1 aromatic carbocycles. The summed E-state index contributed by atoms with van der Waals surface area (Å²) in [5, 5.41) is 0. The van der Waals surface area contributed by atoms with Crippen molar-refractivity contribution in [1.82, 2.24) is 4.98 Å². The van der Waals surface area contributed by atoms with Gasteiger partial charge in [-0.15, -0.1) is 0 Å². The second kappa shape index (κ2) is 2.87. The molecule has 0 amide bonds. The van der Waals surface area contributed by atoms with Gasteiger partial charge in [0.25, 0.3) is 0 Å². The minimum atomic E-state index is 0.541. The van der Waals surface area contributed by atoms with Gasteiger partial charge in [-0.2, -0.15) is 0 Å². The molecule has 1 heterocycles. The Balaban J connectivity index is 2.70. The van der Waals surface area contributed by atoms with Crippen LogP contribution in [0.25, 0.3) is 11.1 Å². The van der Waals surface area contributed by atoms with Gasteiger partial charge in [-0.05, 0) is 30.0 Å². The topological polar surface area (TPSA) is 26.0 Å². The smallest absolute Gasteiger partial charge is 0.181 e. The average molecular weight is 175 g/mol. The Hall–Kier alpha value is -1.31. The summed E-state index contributed by atoms with van der Waals surface area (Å²) >= 11 is 0. The van der Waals surface area contributed by atoms with Crippen molar-refractivity contribution in [2.24, 2.45) is 0 Å². The molecular formula is C11H13NO. The van der Waals surface area contributed by atoms with E-state index in [4.69, 9.17) is 4.42 Å². The van der Waals surface area contributed by atoms with Gasteiger partial charge in [0.2, 0.25) is 0 Å². The molecule has 68 valence electrons. The van der Waals surface area contributed by atoms with E-state index in [9.17, 15) is 0 Å². The Labute approximate surface area is 77.6 Å². The molecule has 0 fully saturated rings. The highest BCUT2D eigenvalue weighted by molar-refractivity contribution is 5.76. The molecular weight excluding hydrogens is 162 g/mol. The maximum absolute atomic E-state index is 5.27. The molecule has 0 bridgehead atoms. The SMILES string of the molecule is Cc1cc(C(C)C)cc2ncoc12. The quantitative estimate of drug-likeness (QED) is 0.664. The first-order chi connectivity index (χ1) is 6.18. The van der Waals surface area contributed by atoms with Gasteiger partial charge in [0, 0.05) is 0 Å². The van der Waals surface area contributed by atoms with Crippen LogP contribution in [0.1, 0.15) is 30.9 Å². The molecule has 1 aromatic heterocycles. The number of fused-ring (bicyclic) bond motifs is 1. The first-order valence-electron chi connectivity index (χ1n) is 4.52. The van der Waals surface area contributed by atoms with Gasteiger partial charge >= 0.3 is 0 Å². The lowest BCUT2D eigenvalue weighted by molar-refractivity contribution is 0.599. The number of hydrogen-bond acceptors (Lipinski definition) is 2. The van der Waals surface area contributed by atoms with E-state index in [-0.39, 0.29) is 0 Å². The van der Waals surface area contributed by atoms with Gasteiger partial charge in [0.05, 0.1) is 0 Å². The monoisotopic (exact) mass is 175 g/mol. The maximum Gasteiger partial charge on any atom is 0.181 e. The third-order valence-corrected chi connectivity index (χ3v) is 2.31. The summed E-state index contributed by atoms with van der Waals surface area (Å²) in [6, 6.07) is 4.26. The van der Waals surface area contributed by atoms with E-state index in [1.807, 2.05) is 0 Å². The van der Waals surface area contributed by atoms with Crippen LogP contribution >= 0.6 is 0 Å². The standard InChI is InChI=1S/C11H13NO/c1-7(2)9-4-8(3)11-10(5-9)12-6-13-11/h4-7H,1-3H3. The lowest BCUT2D eigenvalue weighted by Crippen LogP contribution is -1.88. The Morgan fingerprint density at radius 1 is 1.31 bits per heavy atom. The Kier molecular flexibility index (Phi) is 1.83. The van der Waals surface area contributed by atoms with Crippen LogP contribution in [0.3, 0.4) is 0 Å². The Morgan fingerprint density at radius 3 is 2.77 bits per heavy atom. The van der Waals surface area contributed by atoms with Crippen molar-refractivity contribution in [3.05, 3.63) is 29.7 Å². The van der Waals surface area contributed by atoms with E-state index in [1.165, 1.54) is 17.5 Å². The molecule has 0 spiro atoms. The zero-order valence-corrected chi connectivity index (χ0v) is 8.16. The molecule has 0 saturated carbocycles. The summed E-state index contributed by atoms with van der Waals surface area (Å²) in [6.45, 7) is 6.42. The third kappa shape index (κ3) is 1.32. The van der Waals surface area contributed by atoms with E-state index in [0.717, 1.165) is 11.1 Å². The van der Waals surface area contributed by atoms with Crippen molar-refractivity contribution < 1.29 is 4.42 Å². The van der Waals surface area contributed by atoms with Crippen molar-refractivity contribution in [1.29, 1.82) is 0 Å². The summed E-state index contributed by atoms with van der Waals surface area (Å²) in [7, 11) is 0. The Bertz CT molecular complexity index is 429. The van der Waals surface area contributed by atoms with Crippen LogP contribution in [-0.4, -0.2) is 4.98 Å². The second-order valence-corrected chi connectivity index (χ2v) is 3.69. The van der Waals surface area contributed by atoms with Crippen molar-refractivity contribution in [2.45, 2.75) is 26.7 Å². The zero-order chi connectivity index (χ0) is 9.42. The number of aromatic nitrogens is 1. The van der Waals surface area contributed by atoms with E-state index >= 15 is 0 Å². The lowest BCUT2D eigenvalue weighted by Gasteiger charge is -2.05. The normalized spacial score (nSPS) is 11.4. The number of oxazole rings is 1. The molecule has 0 N–H and O–H groups in total. The van der Waals surface area contributed by atoms with Gasteiger partial charge in [-0.25, -0.2) is 4.98 Å². The van der Waals surface area contributed by atoms with Crippen molar-refractivity contribution in [3.8, 4) is 0 Å². The van der Waals surface area contributed by atoms with Gasteiger partial charge in [0.15, 0.2) is 12.0 Å². The maximum atomic E-state index is 5.27. The largest absolute Gasteiger partial charge is 0.443 e. The van der Waals surface area contributed by atoms with E-state index in [2.05, 4.69) is 37.9 Å². The fourth-order valence-corrected chi connectivity index (χ4v) is 1.50. The summed E-state index contributed by atoms with van der Waals surface area (Å²) in [4.78, 5) is 4.16. The molecule has 13 heavy (non-hydrogen) atoms. The lowest BCUT2D eigenvalue weighted by atomic mass is 10.0. The molecule has 2 nitrogen and oxygen atoms in total. The number of benzene rings is 1. The molecule has 2 heteroatoms. The first-order valence-corrected chi connectivity index (χ1v) is 4.52. The molecule has 0 aliphatic carbocycles. The second-order valence-electron chi connectivity index (χ2n) is 3.69. The molecule has 0 aliphatic heterocycles. The summed E-state index contributed by atoms with van der Waals surface area (Å²) < 4.78 is 5.27. The minimum absolute atomic E-state index is 0.541. The predicted molar refractivity (Wildman–Crippen MR) is 52.8 cm³/mol. The van der Waals surface area contributed by atoms with Crippen LogP contribution in [0, 0.1) is 6.92 Å². The van der Waals surface area contributed by atoms with Gasteiger partial charge in [0.1, 0.15) is 5.52 Å². The van der Waals surface area contributed by atoms with E-state index in [0.29, 0.717) is 5.92 Å². The van der Waals surface area contributed by atoms with E-state index < -0.39 is 0 Å². The molecule has 2 rings (SSSR count). The van der Waals surface area contributed by atoms with Crippen molar-refractivity contribution in [2.75, 3.05) is 0 Å². The average Bonchev–Trinajstić information content (AvgIpc) is 2.51. The predicted octanol–water partition coefficient (Wildman–Crippen LogP) is 3.26. The summed E-state index contributed by atoms with van der Waals surface area (Å²) in [6.07, 6.45) is 1.50. The number of aryl methyl sites for hydroxylation is 1. The summed E-state index contributed by atoms with van der Waals surface area (Å²) in [5.74, 6) is 0.541. The van der Waals surface area contributed by atoms with Crippen LogP contribution in [0.4, 0.5) is 0 Å². The number of nitrogens with zero attached hydrogens (tertiary/aromatic N) is 1. The fourth-order valence-electron chi connectivity index (χ4n) is 1.50. The van der Waals surface area contributed by atoms with Gasteiger partial charge in [-0.1, -0.05) is 19.9 Å². The Morgan fingerprint density at radius 2 is 2.08 bits per heavy atom. The molecule has 0 unspecified atom stereocenters. The zero-order valence-electron chi connectivity index (χ0n) is 8.16. The van der Waals surface area contributed by atoms with Gasteiger partial charge < -0.3 is 4.42 Å². The van der Waals surface area contributed by atoms with Crippen LogP contribution in [0.5, 0.6) is 0 Å². The highest BCUT2D eigenvalue weighted by atomic mass is 16.3. The minimum Gasteiger partial charge on any atom is -0.443 e. The fraction of sp³-hybridized carbons (Fsp3) is 0.364. The highest BCUT2D eigenvalue weighted by Gasteiger charge is 2.06. The first kappa shape index (κ1) is 8.30. The molecule has 0 radical (unpaired) electrons. The van der Waals surface area contributed by atoms with Crippen LogP contribution in [0.15, 0.2) is 22.9 Å². The summed E-state index contributed by atoms with van der Waals surface area (Å²) in [5.41, 5.74) is 4.35. The third-order valence-electron chi connectivity index (χ3n) is 2.31. The number of rotatable bonds is 1.